The molecular weight excluding hydrogens is 502 g/mol. The Bertz CT molecular complexity index is 1480. The maximum Gasteiger partial charge on any atom is 0.199 e. The number of imidazole rings is 1. The van der Waals surface area contributed by atoms with E-state index >= 15 is 0 Å². The highest BCUT2D eigenvalue weighted by Crippen LogP contribution is 2.36. The lowest BCUT2D eigenvalue weighted by Gasteiger charge is -2.12. The number of ether oxygens (including phenoxy) is 1. The number of halogens is 1. The van der Waals surface area contributed by atoms with E-state index in [1.807, 2.05) is 54.0 Å². The first-order chi connectivity index (χ1) is 18.7. The van der Waals surface area contributed by atoms with Crippen LogP contribution in [0.1, 0.15) is 25.3 Å². The minimum absolute atomic E-state index is 0.190. The van der Waals surface area contributed by atoms with Crippen LogP contribution in [0.4, 0.5) is 5.82 Å². The molecule has 0 unspecified atom stereocenters. The number of unbranched alkanes of at least 4 members (excludes halogenated alkanes) is 1. The van der Waals surface area contributed by atoms with Gasteiger partial charge in [0.1, 0.15) is 11.0 Å². The largest absolute Gasteiger partial charge is 0.490 e. The maximum absolute atomic E-state index is 6.25. The van der Waals surface area contributed by atoms with E-state index in [4.69, 9.17) is 36.7 Å². The third kappa shape index (κ3) is 5.64. The molecule has 9 nitrogen and oxygen atoms in total. The fourth-order valence-electron chi connectivity index (χ4n) is 4.41. The molecule has 0 aliphatic rings. The van der Waals surface area contributed by atoms with Crippen LogP contribution in [0.25, 0.3) is 33.8 Å². The van der Waals surface area contributed by atoms with Gasteiger partial charge < -0.3 is 20.4 Å². The number of benzene rings is 2. The minimum Gasteiger partial charge on any atom is -0.490 e. The number of nitrogens with two attached hydrogens (primary N) is 1. The number of aryl methyl sites for hydroxylation is 1. The number of pyridine rings is 1. The molecular formula is C28H30ClN7O2. The average molecular weight is 532 g/mol. The molecule has 196 valence electrons. The summed E-state index contributed by atoms with van der Waals surface area (Å²) in [5.41, 5.74) is 11.0. The fraction of sp³-hybridized carbons (Fsp3) is 0.286. The highest BCUT2D eigenvalue weighted by atomic mass is 35.5. The van der Waals surface area contributed by atoms with Crippen molar-refractivity contribution in [1.29, 1.82) is 0 Å². The minimum atomic E-state index is 0.190. The van der Waals surface area contributed by atoms with Gasteiger partial charge in [-0.1, -0.05) is 54.1 Å². The van der Waals surface area contributed by atoms with Crippen LogP contribution in [0.3, 0.4) is 0 Å². The quantitative estimate of drug-likeness (QED) is 0.206. The lowest BCUT2D eigenvalue weighted by atomic mass is 10.1. The zero-order valence-electron chi connectivity index (χ0n) is 21.2. The molecule has 0 fully saturated rings. The first-order valence-corrected chi connectivity index (χ1v) is 13.1. The topological polar surface area (TPSA) is 117 Å². The number of nitrogens with zero attached hydrogens (tertiary/aromatic N) is 5. The van der Waals surface area contributed by atoms with Gasteiger partial charge >= 0.3 is 0 Å². The highest BCUT2D eigenvalue weighted by Gasteiger charge is 2.23. The smallest absolute Gasteiger partial charge is 0.199 e. The molecule has 0 atom stereocenters. The molecule has 0 saturated carbocycles. The number of anilines is 1. The van der Waals surface area contributed by atoms with Crippen LogP contribution in [0.2, 0.25) is 5.02 Å². The summed E-state index contributed by atoms with van der Waals surface area (Å²) in [6, 6.07) is 17.9. The summed E-state index contributed by atoms with van der Waals surface area (Å²) < 4.78 is 13.1. The van der Waals surface area contributed by atoms with Crippen molar-refractivity contribution in [3.63, 3.8) is 0 Å². The Kier molecular flexibility index (Phi) is 8.15. The SMILES string of the molecule is CCn1c(-c2nonc2N)nc2c(-c3ccccc3)ncc(OCCCCNCCc3ccc(Cl)cc3)c21. The Hall–Kier alpha value is -3.95. The molecule has 3 N–H and O–H groups in total. The van der Waals surface area contributed by atoms with Gasteiger partial charge in [-0.2, -0.15) is 0 Å². The van der Waals surface area contributed by atoms with Gasteiger partial charge in [0.15, 0.2) is 23.1 Å². The van der Waals surface area contributed by atoms with Crippen LogP contribution in [0, 0.1) is 0 Å². The summed E-state index contributed by atoms with van der Waals surface area (Å²) in [5, 5.41) is 12.0. The van der Waals surface area contributed by atoms with Gasteiger partial charge in [0.2, 0.25) is 0 Å². The van der Waals surface area contributed by atoms with Gasteiger partial charge in [0.25, 0.3) is 0 Å². The van der Waals surface area contributed by atoms with Crippen molar-refractivity contribution in [1.82, 2.24) is 30.2 Å². The van der Waals surface area contributed by atoms with E-state index in [9.17, 15) is 0 Å². The zero-order valence-corrected chi connectivity index (χ0v) is 22.0. The van der Waals surface area contributed by atoms with E-state index in [2.05, 4.69) is 27.8 Å². The molecule has 0 spiro atoms. The number of fused-ring (bicyclic) bond motifs is 1. The summed E-state index contributed by atoms with van der Waals surface area (Å²) in [7, 11) is 0. The lowest BCUT2D eigenvalue weighted by molar-refractivity contribution is 0.307. The van der Waals surface area contributed by atoms with E-state index in [0.29, 0.717) is 30.4 Å². The van der Waals surface area contributed by atoms with Crippen molar-refractivity contribution >= 4 is 28.5 Å². The van der Waals surface area contributed by atoms with E-state index in [-0.39, 0.29) is 5.82 Å². The normalized spacial score (nSPS) is 11.3. The predicted octanol–water partition coefficient (Wildman–Crippen LogP) is 5.40. The first kappa shape index (κ1) is 25.7. The maximum atomic E-state index is 6.25. The second-order valence-corrected chi connectivity index (χ2v) is 9.33. The zero-order chi connectivity index (χ0) is 26.3. The second-order valence-electron chi connectivity index (χ2n) is 8.89. The van der Waals surface area contributed by atoms with Crippen molar-refractivity contribution in [2.45, 2.75) is 32.7 Å². The summed E-state index contributed by atoms with van der Waals surface area (Å²) in [5.74, 6) is 1.43. The van der Waals surface area contributed by atoms with Crippen molar-refractivity contribution < 1.29 is 9.37 Å². The number of nitrogen functional groups attached to an aromatic ring is 1. The second kappa shape index (κ2) is 12.1. The number of hydrogen-bond donors (Lipinski definition) is 2. The molecule has 5 aromatic rings. The van der Waals surface area contributed by atoms with Gasteiger partial charge in [-0.3, -0.25) is 0 Å². The molecule has 3 aromatic heterocycles. The molecule has 0 aliphatic heterocycles. The first-order valence-electron chi connectivity index (χ1n) is 12.8. The monoisotopic (exact) mass is 531 g/mol. The summed E-state index contributed by atoms with van der Waals surface area (Å²) >= 11 is 5.95. The standard InChI is InChI=1S/C28H30ClN7O2/c1-2-36-26-22(37-17-7-6-15-31-16-14-19-10-12-21(29)13-11-19)18-32-23(20-8-4-3-5-9-20)24(26)33-28(36)25-27(30)35-38-34-25/h3-5,8-13,18,31H,2,6-7,14-17H2,1H3,(H2,30,35). The Balaban J connectivity index is 1.28. The van der Waals surface area contributed by atoms with E-state index in [1.165, 1.54) is 5.56 Å². The lowest BCUT2D eigenvalue weighted by Crippen LogP contribution is -2.19. The van der Waals surface area contributed by atoms with Gasteiger partial charge in [-0.15, -0.1) is 0 Å². The number of rotatable bonds is 12. The van der Waals surface area contributed by atoms with E-state index in [1.54, 1.807) is 6.20 Å². The molecule has 2 aromatic carbocycles. The average Bonchev–Trinajstić information content (AvgIpc) is 3.54. The summed E-state index contributed by atoms with van der Waals surface area (Å²) in [6.45, 7) is 5.08. The molecule has 0 aliphatic carbocycles. The molecule has 5 rings (SSSR count). The van der Waals surface area contributed by atoms with Crippen LogP contribution in [-0.4, -0.2) is 44.5 Å². The predicted molar refractivity (Wildman–Crippen MR) is 149 cm³/mol. The third-order valence-corrected chi connectivity index (χ3v) is 6.59. The molecule has 0 bridgehead atoms. The van der Waals surface area contributed by atoms with Crippen LogP contribution < -0.4 is 15.8 Å². The van der Waals surface area contributed by atoms with E-state index in [0.717, 1.165) is 59.7 Å². The Morgan fingerprint density at radius 3 is 2.55 bits per heavy atom. The van der Waals surface area contributed by atoms with Gasteiger partial charge in [-0.25, -0.2) is 14.6 Å². The van der Waals surface area contributed by atoms with Crippen LogP contribution in [-0.2, 0) is 13.0 Å². The van der Waals surface area contributed by atoms with E-state index < -0.39 is 0 Å². The molecule has 0 amide bonds. The third-order valence-electron chi connectivity index (χ3n) is 6.33. The fourth-order valence-corrected chi connectivity index (χ4v) is 4.53. The number of aromatic nitrogens is 5. The molecule has 38 heavy (non-hydrogen) atoms. The molecule has 10 heteroatoms. The van der Waals surface area contributed by atoms with Crippen molar-refractivity contribution in [2.24, 2.45) is 0 Å². The number of nitrogens with one attached hydrogen (secondary N) is 1. The highest BCUT2D eigenvalue weighted by molar-refractivity contribution is 6.30. The molecule has 3 heterocycles. The molecule has 0 radical (unpaired) electrons. The van der Waals surface area contributed by atoms with Crippen LogP contribution in [0.5, 0.6) is 5.75 Å². The Morgan fingerprint density at radius 2 is 1.82 bits per heavy atom. The van der Waals surface area contributed by atoms with Crippen LogP contribution in [0.15, 0.2) is 65.4 Å². The summed E-state index contributed by atoms with van der Waals surface area (Å²) in [4.78, 5) is 9.62. The van der Waals surface area contributed by atoms with Crippen LogP contribution >= 0.6 is 11.6 Å². The van der Waals surface area contributed by atoms with Crippen molar-refractivity contribution in [2.75, 3.05) is 25.4 Å². The Labute approximate surface area is 226 Å². The van der Waals surface area contributed by atoms with Crippen molar-refractivity contribution in [3.8, 4) is 28.5 Å². The van der Waals surface area contributed by atoms with Gasteiger partial charge in [0, 0.05) is 17.1 Å². The Morgan fingerprint density at radius 1 is 1.00 bits per heavy atom. The number of hydrogen-bond acceptors (Lipinski definition) is 8. The summed E-state index contributed by atoms with van der Waals surface area (Å²) in [6.07, 6.45) is 4.65. The van der Waals surface area contributed by atoms with Gasteiger partial charge in [-0.05, 0) is 67.3 Å². The molecule has 0 saturated heterocycles. The van der Waals surface area contributed by atoms with Gasteiger partial charge in [0.05, 0.1) is 18.5 Å². The van der Waals surface area contributed by atoms with Crippen molar-refractivity contribution in [3.05, 3.63) is 71.4 Å².